The normalized spacial score (nSPS) is 18.2. The molecule has 1 aromatic heterocycles. The molecule has 0 bridgehead atoms. The lowest BCUT2D eigenvalue weighted by Gasteiger charge is -2.36. The van der Waals surface area contributed by atoms with Crippen LogP contribution in [-0.4, -0.2) is 47.8 Å². The molecule has 2 fully saturated rings. The molecule has 0 N–H and O–H groups in total. The zero-order valence-corrected chi connectivity index (χ0v) is 14.6. The van der Waals surface area contributed by atoms with E-state index < -0.39 is 5.60 Å². The molecule has 2 heterocycles. The Bertz CT molecular complexity index is 663. The first-order chi connectivity index (χ1) is 11.4. The quantitative estimate of drug-likeness (QED) is 0.835. The summed E-state index contributed by atoms with van der Waals surface area (Å²) in [5.74, 6) is 1.31. The number of nitrogens with zero attached hydrogens (tertiary/aromatic N) is 4. The highest BCUT2D eigenvalue weighted by Gasteiger charge is 2.28. The molecule has 24 heavy (non-hydrogen) atoms. The van der Waals surface area contributed by atoms with E-state index in [4.69, 9.17) is 4.74 Å². The number of hydrogen-bond acceptors (Lipinski definition) is 5. The fraction of sp³-hybridized carbons (Fsp3) is 0.611. The first-order valence-electron chi connectivity index (χ1n) is 8.50. The summed E-state index contributed by atoms with van der Waals surface area (Å²) in [7, 11) is 0. The third-order valence-corrected chi connectivity index (χ3v) is 4.29. The van der Waals surface area contributed by atoms with Crippen molar-refractivity contribution in [2.75, 3.05) is 31.1 Å². The van der Waals surface area contributed by atoms with Gasteiger partial charge in [0.05, 0.1) is 5.56 Å². The van der Waals surface area contributed by atoms with E-state index in [0.29, 0.717) is 37.7 Å². The molecular weight excluding hydrogens is 304 g/mol. The Kier molecular flexibility index (Phi) is 4.35. The molecule has 128 valence electrons. The number of hydrogen-bond donors (Lipinski definition) is 0. The van der Waals surface area contributed by atoms with E-state index in [1.807, 2.05) is 33.0 Å². The topological polar surface area (TPSA) is 69.5 Å². The summed E-state index contributed by atoms with van der Waals surface area (Å²) in [6.45, 7) is 8.06. The second-order valence-corrected chi connectivity index (χ2v) is 7.48. The van der Waals surface area contributed by atoms with Gasteiger partial charge >= 0.3 is 6.09 Å². The summed E-state index contributed by atoms with van der Waals surface area (Å²) in [4.78, 5) is 20.5. The summed E-state index contributed by atoms with van der Waals surface area (Å²) in [6, 6.07) is 4.24. The van der Waals surface area contributed by atoms with Crippen molar-refractivity contribution in [2.24, 2.45) is 0 Å². The lowest BCUT2D eigenvalue weighted by atomic mass is 10.1. The molecule has 1 saturated carbocycles. The minimum Gasteiger partial charge on any atom is -0.444 e. The summed E-state index contributed by atoms with van der Waals surface area (Å²) < 4.78 is 5.41. The van der Waals surface area contributed by atoms with Gasteiger partial charge in [-0.15, -0.1) is 0 Å². The van der Waals surface area contributed by atoms with Crippen LogP contribution in [0.15, 0.2) is 12.3 Å². The zero-order chi connectivity index (χ0) is 17.3. The average Bonchev–Trinajstić information content (AvgIpc) is 3.38. The van der Waals surface area contributed by atoms with Gasteiger partial charge in [-0.3, -0.25) is 0 Å². The Hall–Kier alpha value is -2.29. The number of rotatable bonds is 2. The van der Waals surface area contributed by atoms with Crippen LogP contribution in [0.25, 0.3) is 0 Å². The van der Waals surface area contributed by atoms with Gasteiger partial charge in [0.15, 0.2) is 0 Å². The summed E-state index contributed by atoms with van der Waals surface area (Å²) >= 11 is 0. The van der Waals surface area contributed by atoms with Crippen LogP contribution in [0.1, 0.15) is 50.7 Å². The summed E-state index contributed by atoms with van der Waals surface area (Å²) in [5.41, 5.74) is 1.32. The molecule has 0 atom stereocenters. The minimum absolute atomic E-state index is 0.278. The predicted molar refractivity (Wildman–Crippen MR) is 90.9 cm³/mol. The van der Waals surface area contributed by atoms with Crippen molar-refractivity contribution in [3.05, 3.63) is 23.4 Å². The van der Waals surface area contributed by atoms with E-state index in [9.17, 15) is 10.1 Å². The molecule has 2 aliphatic rings. The number of piperazine rings is 1. The molecule has 0 unspecified atom stereocenters. The van der Waals surface area contributed by atoms with Crippen molar-refractivity contribution in [3.63, 3.8) is 0 Å². The van der Waals surface area contributed by atoms with E-state index in [1.165, 1.54) is 18.4 Å². The van der Waals surface area contributed by atoms with Crippen molar-refractivity contribution < 1.29 is 9.53 Å². The summed E-state index contributed by atoms with van der Waals surface area (Å²) in [6.07, 6.45) is 4.01. The van der Waals surface area contributed by atoms with Crippen LogP contribution in [0.3, 0.4) is 0 Å². The Morgan fingerprint density at radius 2 is 1.96 bits per heavy atom. The Morgan fingerprint density at radius 3 is 2.50 bits per heavy atom. The highest BCUT2D eigenvalue weighted by Crippen LogP contribution is 2.40. The third-order valence-electron chi connectivity index (χ3n) is 4.29. The van der Waals surface area contributed by atoms with Gasteiger partial charge in [0.2, 0.25) is 0 Å². The Morgan fingerprint density at radius 1 is 1.29 bits per heavy atom. The van der Waals surface area contributed by atoms with Gasteiger partial charge in [0, 0.05) is 32.4 Å². The molecule has 0 aromatic carbocycles. The van der Waals surface area contributed by atoms with Crippen molar-refractivity contribution in [1.29, 1.82) is 5.26 Å². The van der Waals surface area contributed by atoms with Gasteiger partial charge in [-0.05, 0) is 51.2 Å². The summed E-state index contributed by atoms with van der Waals surface area (Å²) in [5, 5.41) is 9.44. The lowest BCUT2D eigenvalue weighted by Crippen LogP contribution is -2.50. The number of carbonyl (C=O) groups excluding carboxylic acids is 1. The number of ether oxygens (including phenoxy) is 1. The van der Waals surface area contributed by atoms with Gasteiger partial charge in [-0.25, -0.2) is 9.78 Å². The number of aromatic nitrogens is 1. The van der Waals surface area contributed by atoms with E-state index >= 15 is 0 Å². The van der Waals surface area contributed by atoms with Crippen molar-refractivity contribution in [2.45, 2.75) is 45.1 Å². The largest absolute Gasteiger partial charge is 0.444 e. The van der Waals surface area contributed by atoms with Crippen LogP contribution < -0.4 is 4.90 Å². The molecule has 6 heteroatoms. The fourth-order valence-electron chi connectivity index (χ4n) is 2.88. The van der Waals surface area contributed by atoms with Crippen LogP contribution in [-0.2, 0) is 4.74 Å². The molecule has 6 nitrogen and oxygen atoms in total. The Labute approximate surface area is 143 Å². The van der Waals surface area contributed by atoms with Gasteiger partial charge in [-0.1, -0.05) is 0 Å². The SMILES string of the molecule is CC(C)(C)OC(=O)N1CCN(c2ncc(C3CC3)cc2C#N)CC1. The molecule has 0 spiro atoms. The minimum atomic E-state index is -0.484. The maximum Gasteiger partial charge on any atom is 0.410 e. The van der Waals surface area contributed by atoms with Gasteiger partial charge in [-0.2, -0.15) is 5.26 Å². The molecule has 0 radical (unpaired) electrons. The standard InChI is InChI=1S/C18H24N4O2/c1-18(2,3)24-17(23)22-8-6-21(7-9-22)16-14(11-19)10-15(12-20-16)13-4-5-13/h10,12-13H,4-9H2,1-3H3. The van der Waals surface area contributed by atoms with Crippen LogP contribution >= 0.6 is 0 Å². The number of anilines is 1. The maximum absolute atomic E-state index is 12.1. The zero-order valence-electron chi connectivity index (χ0n) is 14.6. The van der Waals surface area contributed by atoms with Crippen molar-refractivity contribution in [1.82, 2.24) is 9.88 Å². The molecule has 1 amide bonds. The van der Waals surface area contributed by atoms with Gasteiger partial charge in [0.1, 0.15) is 17.5 Å². The molecule has 1 saturated heterocycles. The molecule has 3 rings (SSSR count). The van der Waals surface area contributed by atoms with E-state index in [-0.39, 0.29) is 6.09 Å². The predicted octanol–water partition coefficient (Wildman–Crippen LogP) is 2.89. The highest BCUT2D eigenvalue weighted by atomic mass is 16.6. The first-order valence-corrected chi connectivity index (χ1v) is 8.50. The molecule has 1 aromatic rings. The van der Waals surface area contributed by atoms with E-state index in [2.05, 4.69) is 16.0 Å². The smallest absolute Gasteiger partial charge is 0.410 e. The van der Waals surface area contributed by atoms with E-state index in [1.54, 1.807) is 4.90 Å². The van der Waals surface area contributed by atoms with Crippen LogP contribution in [0.2, 0.25) is 0 Å². The van der Waals surface area contributed by atoms with Crippen molar-refractivity contribution >= 4 is 11.9 Å². The highest BCUT2D eigenvalue weighted by molar-refractivity contribution is 5.68. The van der Waals surface area contributed by atoms with E-state index in [0.717, 1.165) is 5.82 Å². The second kappa shape index (κ2) is 6.31. The number of nitriles is 1. The van der Waals surface area contributed by atoms with Crippen LogP contribution in [0.4, 0.5) is 10.6 Å². The van der Waals surface area contributed by atoms with Crippen molar-refractivity contribution in [3.8, 4) is 6.07 Å². The van der Waals surface area contributed by atoms with Gasteiger partial charge in [0.25, 0.3) is 0 Å². The maximum atomic E-state index is 12.1. The number of amides is 1. The monoisotopic (exact) mass is 328 g/mol. The average molecular weight is 328 g/mol. The first kappa shape index (κ1) is 16.6. The number of pyridine rings is 1. The molecular formula is C18H24N4O2. The van der Waals surface area contributed by atoms with Crippen LogP contribution in [0.5, 0.6) is 0 Å². The van der Waals surface area contributed by atoms with Gasteiger partial charge < -0.3 is 14.5 Å². The second-order valence-electron chi connectivity index (χ2n) is 7.48. The van der Waals surface area contributed by atoms with Crippen LogP contribution in [0, 0.1) is 11.3 Å². The number of carbonyl (C=O) groups is 1. The lowest BCUT2D eigenvalue weighted by molar-refractivity contribution is 0.0240. The molecule has 1 aliphatic carbocycles. The molecule has 1 aliphatic heterocycles. The third kappa shape index (κ3) is 3.78. The fourth-order valence-corrected chi connectivity index (χ4v) is 2.88. The Balaban J connectivity index is 1.64.